The van der Waals surface area contributed by atoms with E-state index >= 15 is 0 Å². The van der Waals surface area contributed by atoms with E-state index in [1.165, 1.54) is 0 Å². The van der Waals surface area contributed by atoms with Crippen LogP contribution in [0.5, 0.6) is 0 Å². The molecule has 0 saturated carbocycles. The first-order chi connectivity index (χ1) is 12.9. The quantitative estimate of drug-likeness (QED) is 0.698. The minimum atomic E-state index is -0.139. The molecule has 2 heterocycles. The fourth-order valence-corrected chi connectivity index (χ4v) is 2.83. The zero-order valence-electron chi connectivity index (χ0n) is 16.3. The summed E-state index contributed by atoms with van der Waals surface area (Å²) in [4.78, 5) is 14.5. The number of aryl methyl sites for hydroxylation is 2. The van der Waals surface area contributed by atoms with E-state index in [-0.39, 0.29) is 5.91 Å². The average Bonchev–Trinajstić information content (AvgIpc) is 3.19. The number of hydrogen-bond acceptors (Lipinski definition) is 4. The van der Waals surface area contributed by atoms with Crippen molar-refractivity contribution in [1.29, 1.82) is 0 Å². The molecule has 1 aromatic carbocycles. The maximum atomic E-state index is 12.4. The third-order valence-electron chi connectivity index (χ3n) is 4.32. The Hall–Kier alpha value is -2.93. The first-order valence-electron chi connectivity index (χ1n) is 8.99. The van der Waals surface area contributed by atoms with E-state index in [4.69, 9.17) is 0 Å². The van der Waals surface area contributed by atoms with Gasteiger partial charge in [-0.3, -0.25) is 14.2 Å². The number of hydrogen-bond donors (Lipinski definition) is 1. The maximum Gasteiger partial charge on any atom is 0.255 e. The van der Waals surface area contributed by atoms with Crippen molar-refractivity contribution in [3.05, 3.63) is 65.2 Å². The molecule has 0 atom stereocenters. The van der Waals surface area contributed by atoms with E-state index in [1.807, 2.05) is 67.8 Å². The van der Waals surface area contributed by atoms with E-state index in [0.717, 1.165) is 30.0 Å². The lowest BCUT2D eigenvalue weighted by molar-refractivity contribution is 0.102. The fourth-order valence-electron chi connectivity index (χ4n) is 2.83. The molecule has 0 radical (unpaired) electrons. The van der Waals surface area contributed by atoms with Gasteiger partial charge in [0.25, 0.3) is 5.91 Å². The summed E-state index contributed by atoms with van der Waals surface area (Å²) < 4.78 is 3.79. The van der Waals surface area contributed by atoms with Crippen molar-refractivity contribution in [2.24, 2.45) is 0 Å². The maximum absolute atomic E-state index is 12.4. The summed E-state index contributed by atoms with van der Waals surface area (Å²) in [6, 6.07) is 9.66. The minimum Gasteiger partial charge on any atom is -0.319 e. The molecular weight excluding hydrogens is 340 g/mol. The molecule has 1 N–H and O–H groups in total. The van der Waals surface area contributed by atoms with E-state index in [0.29, 0.717) is 17.8 Å². The number of carbonyl (C=O) groups excluding carboxylic acids is 1. The zero-order chi connectivity index (χ0) is 19.4. The highest BCUT2D eigenvalue weighted by Crippen LogP contribution is 2.12. The number of nitrogens with zero attached hydrogens (tertiary/aromatic N) is 5. The monoisotopic (exact) mass is 366 g/mol. The van der Waals surface area contributed by atoms with Gasteiger partial charge in [0.1, 0.15) is 0 Å². The molecule has 0 spiro atoms. The first kappa shape index (κ1) is 18.8. The Balaban J connectivity index is 1.59. The number of rotatable bonds is 7. The Bertz CT molecular complexity index is 907. The molecule has 0 aliphatic carbocycles. The fraction of sp³-hybridized carbons (Fsp3) is 0.350. The van der Waals surface area contributed by atoms with E-state index in [9.17, 15) is 4.79 Å². The van der Waals surface area contributed by atoms with E-state index < -0.39 is 0 Å². The van der Waals surface area contributed by atoms with Crippen LogP contribution in [0, 0.1) is 13.8 Å². The Morgan fingerprint density at radius 2 is 1.93 bits per heavy atom. The summed E-state index contributed by atoms with van der Waals surface area (Å²) in [5, 5.41) is 11.6. The van der Waals surface area contributed by atoms with Gasteiger partial charge in [-0.1, -0.05) is 12.1 Å². The smallest absolute Gasteiger partial charge is 0.255 e. The molecule has 3 aromatic rings. The van der Waals surface area contributed by atoms with Gasteiger partial charge in [0, 0.05) is 24.0 Å². The highest BCUT2D eigenvalue weighted by Gasteiger charge is 2.09. The van der Waals surface area contributed by atoms with Crippen LogP contribution >= 0.6 is 0 Å². The second-order valence-electron chi connectivity index (χ2n) is 7.03. The van der Waals surface area contributed by atoms with Crippen molar-refractivity contribution in [3.8, 4) is 0 Å². The lowest BCUT2D eigenvalue weighted by Gasteiger charge is -2.08. The number of aromatic nitrogens is 4. The SMILES string of the molecule is Cc1cc(C)n(Cc2ccc(C(=O)Nc3cnn(CCN(C)C)c3)cc2)n1. The van der Waals surface area contributed by atoms with Gasteiger partial charge >= 0.3 is 0 Å². The normalized spacial score (nSPS) is 11.1. The van der Waals surface area contributed by atoms with Crippen LogP contribution in [0.3, 0.4) is 0 Å². The van der Waals surface area contributed by atoms with Crippen LogP contribution in [-0.4, -0.2) is 51.0 Å². The Morgan fingerprint density at radius 1 is 1.19 bits per heavy atom. The first-order valence-corrected chi connectivity index (χ1v) is 8.99. The van der Waals surface area contributed by atoms with Crippen molar-refractivity contribution in [1.82, 2.24) is 24.5 Å². The molecule has 0 aliphatic heterocycles. The van der Waals surface area contributed by atoms with Crippen molar-refractivity contribution in [3.63, 3.8) is 0 Å². The molecule has 0 unspecified atom stereocenters. The van der Waals surface area contributed by atoms with Gasteiger partial charge < -0.3 is 10.2 Å². The number of carbonyl (C=O) groups is 1. The topological polar surface area (TPSA) is 68.0 Å². The molecule has 0 bridgehead atoms. The molecule has 142 valence electrons. The molecule has 0 fully saturated rings. The molecule has 0 saturated heterocycles. The minimum absolute atomic E-state index is 0.139. The largest absolute Gasteiger partial charge is 0.319 e. The number of anilines is 1. The van der Waals surface area contributed by atoms with Crippen LogP contribution in [0.25, 0.3) is 0 Å². The second kappa shape index (κ2) is 8.18. The summed E-state index contributed by atoms with van der Waals surface area (Å²) >= 11 is 0. The lowest BCUT2D eigenvalue weighted by atomic mass is 10.1. The third kappa shape index (κ3) is 5.04. The summed E-state index contributed by atoms with van der Waals surface area (Å²) in [5.74, 6) is -0.139. The molecular formula is C20H26N6O. The Labute approximate surface area is 159 Å². The molecule has 1 amide bonds. The molecule has 2 aromatic heterocycles. The van der Waals surface area contributed by atoms with Gasteiger partial charge in [0.2, 0.25) is 0 Å². The molecule has 0 aliphatic rings. The van der Waals surface area contributed by atoms with Crippen LogP contribution in [0.2, 0.25) is 0 Å². The average molecular weight is 366 g/mol. The van der Waals surface area contributed by atoms with Crippen LogP contribution in [0.1, 0.15) is 27.3 Å². The molecule has 7 heteroatoms. The molecule has 27 heavy (non-hydrogen) atoms. The van der Waals surface area contributed by atoms with Crippen molar-refractivity contribution in [2.75, 3.05) is 26.0 Å². The van der Waals surface area contributed by atoms with E-state index in [2.05, 4.69) is 26.5 Å². The molecule has 7 nitrogen and oxygen atoms in total. The van der Waals surface area contributed by atoms with Gasteiger partial charge in [0.05, 0.1) is 30.7 Å². The standard InChI is InChI=1S/C20H26N6O/c1-15-11-16(2)26(23-15)13-17-5-7-18(8-6-17)20(27)22-19-12-21-25(14-19)10-9-24(3)4/h5-8,11-12,14H,9-10,13H2,1-4H3,(H,22,27). The van der Waals surface area contributed by atoms with Gasteiger partial charge in [-0.15, -0.1) is 0 Å². The van der Waals surface area contributed by atoms with Crippen molar-refractivity contribution >= 4 is 11.6 Å². The van der Waals surface area contributed by atoms with E-state index in [1.54, 1.807) is 6.20 Å². The van der Waals surface area contributed by atoms with Crippen LogP contribution in [0.15, 0.2) is 42.7 Å². The lowest BCUT2D eigenvalue weighted by Crippen LogP contribution is -2.18. The van der Waals surface area contributed by atoms with Gasteiger partial charge in [0.15, 0.2) is 0 Å². The summed E-state index contributed by atoms with van der Waals surface area (Å²) in [7, 11) is 4.04. The second-order valence-corrected chi connectivity index (χ2v) is 7.03. The van der Waals surface area contributed by atoms with Gasteiger partial charge in [-0.25, -0.2) is 0 Å². The summed E-state index contributed by atoms with van der Waals surface area (Å²) in [6.07, 6.45) is 3.52. The molecule has 3 rings (SSSR count). The van der Waals surface area contributed by atoms with Gasteiger partial charge in [-0.05, 0) is 51.7 Å². The summed E-state index contributed by atoms with van der Waals surface area (Å²) in [6.45, 7) is 6.40. The number of amides is 1. The summed E-state index contributed by atoms with van der Waals surface area (Å²) in [5.41, 5.74) is 4.56. The van der Waals surface area contributed by atoms with Crippen molar-refractivity contribution < 1.29 is 4.79 Å². The van der Waals surface area contributed by atoms with Gasteiger partial charge in [-0.2, -0.15) is 10.2 Å². The number of nitrogens with one attached hydrogen (secondary N) is 1. The highest BCUT2D eigenvalue weighted by molar-refractivity contribution is 6.04. The third-order valence-corrected chi connectivity index (χ3v) is 4.32. The zero-order valence-corrected chi connectivity index (χ0v) is 16.3. The van der Waals surface area contributed by atoms with Crippen LogP contribution in [-0.2, 0) is 13.1 Å². The van der Waals surface area contributed by atoms with Crippen molar-refractivity contribution in [2.45, 2.75) is 26.9 Å². The number of likely N-dealkylation sites (N-methyl/N-ethyl adjacent to an activating group) is 1. The number of benzene rings is 1. The Kier molecular flexibility index (Phi) is 5.71. The predicted octanol–water partition coefficient (Wildman–Crippen LogP) is 2.56. The Morgan fingerprint density at radius 3 is 2.56 bits per heavy atom. The predicted molar refractivity (Wildman–Crippen MR) is 106 cm³/mol. The van der Waals surface area contributed by atoms with Crippen LogP contribution in [0.4, 0.5) is 5.69 Å². The van der Waals surface area contributed by atoms with Crippen LogP contribution < -0.4 is 5.32 Å². The highest BCUT2D eigenvalue weighted by atomic mass is 16.1.